The number of benzene rings is 2. The predicted molar refractivity (Wildman–Crippen MR) is 73.6 cm³/mol. The number of rotatable bonds is 1. The van der Waals surface area contributed by atoms with Crippen LogP contribution in [0.5, 0.6) is 0 Å². The van der Waals surface area contributed by atoms with Crippen LogP contribution in [-0.4, -0.2) is 9.97 Å². The number of hydrogen-bond donors (Lipinski definition) is 2. The van der Waals surface area contributed by atoms with Crippen LogP contribution in [0.1, 0.15) is 0 Å². The van der Waals surface area contributed by atoms with E-state index in [-0.39, 0.29) is 0 Å². The molecule has 0 bridgehead atoms. The lowest BCUT2D eigenvalue weighted by atomic mass is 10.2. The number of para-hydroxylation sites is 1. The summed E-state index contributed by atoms with van der Waals surface area (Å²) in [6, 6.07) is 13.7. The zero-order valence-electron chi connectivity index (χ0n) is 8.94. The zero-order valence-corrected chi connectivity index (χ0v) is 10.5. The minimum Gasteiger partial charge on any atom is -0.398 e. The van der Waals surface area contributed by atoms with Gasteiger partial charge in [-0.3, -0.25) is 0 Å². The second kappa shape index (κ2) is 3.89. The lowest BCUT2D eigenvalue weighted by molar-refractivity contribution is 1.34. The third kappa shape index (κ3) is 1.80. The maximum absolute atomic E-state index is 5.94. The summed E-state index contributed by atoms with van der Waals surface area (Å²) in [5.41, 5.74) is 9.53. The largest absolute Gasteiger partial charge is 0.398 e. The van der Waals surface area contributed by atoms with E-state index in [1.54, 1.807) is 0 Å². The molecule has 3 rings (SSSR count). The Hall–Kier alpha value is -1.81. The summed E-state index contributed by atoms with van der Waals surface area (Å²) >= 11 is 3.43. The number of nitrogens with one attached hydrogen (secondary N) is 1. The normalized spacial score (nSPS) is 10.9. The second-order valence-electron chi connectivity index (χ2n) is 3.83. The molecule has 0 saturated heterocycles. The fourth-order valence-corrected chi connectivity index (χ4v) is 2.17. The van der Waals surface area contributed by atoms with Crippen LogP contribution in [0.3, 0.4) is 0 Å². The highest BCUT2D eigenvalue weighted by Gasteiger charge is 2.07. The molecule has 0 amide bonds. The molecule has 0 radical (unpaired) electrons. The number of hydrogen-bond acceptors (Lipinski definition) is 2. The Kier molecular flexibility index (Phi) is 2.37. The van der Waals surface area contributed by atoms with Gasteiger partial charge in [-0.25, -0.2) is 4.98 Å². The number of imidazole rings is 1. The monoisotopic (exact) mass is 287 g/mol. The molecule has 0 spiro atoms. The highest BCUT2D eigenvalue weighted by Crippen LogP contribution is 2.26. The number of nitrogens with two attached hydrogens (primary N) is 1. The molecule has 84 valence electrons. The minimum atomic E-state index is 0.727. The van der Waals surface area contributed by atoms with Crippen LogP contribution in [0.2, 0.25) is 0 Å². The molecule has 0 aliphatic rings. The van der Waals surface area contributed by atoms with Crippen molar-refractivity contribution in [2.24, 2.45) is 0 Å². The Morgan fingerprint density at radius 2 is 1.94 bits per heavy atom. The number of aromatic nitrogens is 2. The van der Waals surface area contributed by atoms with Crippen LogP contribution in [0.15, 0.2) is 46.9 Å². The van der Waals surface area contributed by atoms with Gasteiger partial charge in [0.2, 0.25) is 0 Å². The van der Waals surface area contributed by atoms with Gasteiger partial charge in [-0.2, -0.15) is 0 Å². The average molecular weight is 288 g/mol. The minimum absolute atomic E-state index is 0.727. The quantitative estimate of drug-likeness (QED) is 0.672. The van der Waals surface area contributed by atoms with E-state index in [4.69, 9.17) is 5.73 Å². The Labute approximate surface area is 107 Å². The topological polar surface area (TPSA) is 54.7 Å². The molecule has 17 heavy (non-hydrogen) atoms. The van der Waals surface area contributed by atoms with Crippen molar-refractivity contribution in [2.75, 3.05) is 5.73 Å². The van der Waals surface area contributed by atoms with Crippen LogP contribution in [0.25, 0.3) is 22.4 Å². The summed E-state index contributed by atoms with van der Waals surface area (Å²) in [5, 5.41) is 0. The smallest absolute Gasteiger partial charge is 0.140 e. The molecule has 2 aromatic carbocycles. The number of H-pyrrole nitrogens is 1. The van der Waals surface area contributed by atoms with E-state index in [2.05, 4.69) is 25.9 Å². The molecule has 3 N–H and O–H groups in total. The van der Waals surface area contributed by atoms with Crippen molar-refractivity contribution in [1.82, 2.24) is 9.97 Å². The summed E-state index contributed by atoms with van der Waals surface area (Å²) in [7, 11) is 0. The fraction of sp³-hybridized carbons (Fsp3) is 0. The third-order valence-electron chi connectivity index (χ3n) is 2.66. The van der Waals surface area contributed by atoms with Gasteiger partial charge >= 0.3 is 0 Å². The average Bonchev–Trinajstić information content (AvgIpc) is 2.72. The van der Waals surface area contributed by atoms with Crippen molar-refractivity contribution in [2.45, 2.75) is 0 Å². The molecule has 0 unspecified atom stereocenters. The van der Waals surface area contributed by atoms with Gasteiger partial charge in [0.1, 0.15) is 5.82 Å². The Morgan fingerprint density at radius 1 is 1.12 bits per heavy atom. The molecular weight excluding hydrogens is 278 g/mol. The van der Waals surface area contributed by atoms with Crippen LogP contribution in [0.4, 0.5) is 5.69 Å². The Morgan fingerprint density at radius 3 is 2.76 bits per heavy atom. The van der Waals surface area contributed by atoms with Crippen LogP contribution < -0.4 is 5.73 Å². The summed E-state index contributed by atoms with van der Waals surface area (Å²) in [6.07, 6.45) is 0. The number of aromatic amines is 1. The van der Waals surface area contributed by atoms with Crippen molar-refractivity contribution >= 4 is 32.7 Å². The Balaban J connectivity index is 2.22. The van der Waals surface area contributed by atoms with E-state index in [0.29, 0.717) is 0 Å². The number of anilines is 1. The number of fused-ring (bicyclic) bond motifs is 1. The Bertz CT molecular complexity index is 688. The third-order valence-corrected chi connectivity index (χ3v) is 3.15. The summed E-state index contributed by atoms with van der Waals surface area (Å²) in [6.45, 7) is 0. The van der Waals surface area contributed by atoms with Crippen LogP contribution in [0, 0.1) is 0 Å². The van der Waals surface area contributed by atoms with E-state index in [0.717, 1.165) is 32.6 Å². The van der Waals surface area contributed by atoms with Gasteiger partial charge in [0.25, 0.3) is 0 Å². The first-order chi connectivity index (χ1) is 8.24. The first-order valence-electron chi connectivity index (χ1n) is 5.24. The highest BCUT2D eigenvalue weighted by molar-refractivity contribution is 9.10. The standard InChI is InChI=1S/C13H10BrN3/c14-8-5-6-11-12(7-8)17-13(16-11)9-3-1-2-4-10(9)15/h1-7H,15H2,(H,16,17). The molecule has 4 heteroatoms. The van der Waals surface area contributed by atoms with Gasteiger partial charge in [0.15, 0.2) is 0 Å². The molecule has 0 fully saturated rings. The van der Waals surface area contributed by atoms with Gasteiger partial charge < -0.3 is 10.7 Å². The van der Waals surface area contributed by atoms with E-state index in [9.17, 15) is 0 Å². The number of nitrogens with zero attached hydrogens (tertiary/aromatic N) is 1. The molecule has 0 atom stereocenters. The lowest BCUT2D eigenvalue weighted by Crippen LogP contribution is -1.90. The molecule has 3 nitrogen and oxygen atoms in total. The van der Waals surface area contributed by atoms with Crippen molar-refractivity contribution in [3.8, 4) is 11.4 Å². The first kappa shape index (κ1) is 10.4. The van der Waals surface area contributed by atoms with Gasteiger partial charge in [0, 0.05) is 15.7 Å². The summed E-state index contributed by atoms with van der Waals surface area (Å²) in [5.74, 6) is 0.802. The highest BCUT2D eigenvalue weighted by atomic mass is 79.9. The van der Waals surface area contributed by atoms with Crippen LogP contribution >= 0.6 is 15.9 Å². The van der Waals surface area contributed by atoms with E-state index in [1.165, 1.54) is 0 Å². The van der Waals surface area contributed by atoms with Crippen molar-refractivity contribution in [3.63, 3.8) is 0 Å². The maximum Gasteiger partial charge on any atom is 0.140 e. The maximum atomic E-state index is 5.94. The number of halogens is 1. The van der Waals surface area contributed by atoms with Crippen LogP contribution in [-0.2, 0) is 0 Å². The fourth-order valence-electron chi connectivity index (χ4n) is 1.82. The molecular formula is C13H10BrN3. The first-order valence-corrected chi connectivity index (χ1v) is 6.03. The van der Waals surface area contributed by atoms with E-state index in [1.807, 2.05) is 42.5 Å². The van der Waals surface area contributed by atoms with E-state index < -0.39 is 0 Å². The van der Waals surface area contributed by atoms with Gasteiger partial charge in [0.05, 0.1) is 11.0 Å². The van der Waals surface area contributed by atoms with Gasteiger partial charge in [-0.05, 0) is 30.3 Å². The molecule has 1 aromatic heterocycles. The molecule has 3 aromatic rings. The summed E-state index contributed by atoms with van der Waals surface area (Å²) < 4.78 is 1.02. The molecule has 1 heterocycles. The van der Waals surface area contributed by atoms with E-state index >= 15 is 0 Å². The molecule has 0 aliphatic carbocycles. The van der Waals surface area contributed by atoms with Gasteiger partial charge in [-0.15, -0.1) is 0 Å². The lowest BCUT2D eigenvalue weighted by Gasteiger charge is -2.00. The second-order valence-corrected chi connectivity index (χ2v) is 4.75. The predicted octanol–water partition coefficient (Wildman–Crippen LogP) is 3.57. The van der Waals surface area contributed by atoms with Crippen molar-refractivity contribution in [1.29, 1.82) is 0 Å². The molecule has 0 aliphatic heterocycles. The summed E-state index contributed by atoms with van der Waals surface area (Å²) in [4.78, 5) is 7.81. The number of nitrogen functional groups attached to an aromatic ring is 1. The van der Waals surface area contributed by atoms with Crippen molar-refractivity contribution < 1.29 is 0 Å². The zero-order chi connectivity index (χ0) is 11.8. The SMILES string of the molecule is Nc1ccccc1-c1nc2cc(Br)ccc2[nH]1. The van der Waals surface area contributed by atoms with Crippen molar-refractivity contribution in [3.05, 3.63) is 46.9 Å². The molecule has 0 saturated carbocycles. The van der Waals surface area contributed by atoms with Gasteiger partial charge in [-0.1, -0.05) is 28.1 Å².